The van der Waals surface area contributed by atoms with Gasteiger partial charge in [-0.05, 0) is 32.1 Å². The van der Waals surface area contributed by atoms with Crippen molar-refractivity contribution in [2.45, 2.75) is 44.4 Å². The molecule has 16 heavy (non-hydrogen) atoms. The van der Waals surface area contributed by atoms with Gasteiger partial charge in [-0.3, -0.25) is 0 Å². The zero-order chi connectivity index (χ0) is 11.4. The summed E-state index contributed by atoms with van der Waals surface area (Å²) in [5.74, 6) is 3.13. The van der Waals surface area contributed by atoms with Gasteiger partial charge in [0.15, 0.2) is 0 Å². The van der Waals surface area contributed by atoms with Crippen LogP contribution >= 0.6 is 23.1 Å². The predicted molar refractivity (Wildman–Crippen MR) is 73.3 cm³/mol. The van der Waals surface area contributed by atoms with E-state index in [1.54, 1.807) is 0 Å². The molecule has 1 aliphatic carbocycles. The molecular formula is C12H20N2S2. The molecule has 0 saturated heterocycles. The van der Waals surface area contributed by atoms with Crippen LogP contribution in [0.2, 0.25) is 0 Å². The van der Waals surface area contributed by atoms with E-state index in [9.17, 15) is 0 Å². The minimum absolute atomic E-state index is 0.782. The van der Waals surface area contributed by atoms with Crippen LogP contribution in [0.1, 0.15) is 47.7 Å². The molecule has 2 nitrogen and oxygen atoms in total. The van der Waals surface area contributed by atoms with E-state index >= 15 is 0 Å². The number of thioether (sulfide) groups is 1. The van der Waals surface area contributed by atoms with E-state index in [2.05, 4.69) is 12.2 Å². The summed E-state index contributed by atoms with van der Waals surface area (Å²) >= 11 is 3.91. The molecule has 0 atom stereocenters. The van der Waals surface area contributed by atoms with E-state index < -0.39 is 0 Å². The zero-order valence-electron chi connectivity index (χ0n) is 10.1. The molecule has 1 saturated carbocycles. The molecular weight excluding hydrogens is 236 g/mol. The fourth-order valence-corrected chi connectivity index (χ4v) is 3.86. The molecule has 1 aromatic heterocycles. The Hall–Kier alpha value is -0.0600. The van der Waals surface area contributed by atoms with Crippen molar-refractivity contribution in [3.63, 3.8) is 0 Å². The lowest BCUT2D eigenvalue weighted by Gasteiger charge is -1.97. The van der Waals surface area contributed by atoms with Crippen LogP contribution < -0.4 is 5.32 Å². The highest BCUT2D eigenvalue weighted by molar-refractivity contribution is 7.98. The SMILES string of the molecule is CCCSCc1nc(C2CC2)c(CNC)s1. The topological polar surface area (TPSA) is 24.9 Å². The lowest BCUT2D eigenvalue weighted by Crippen LogP contribution is -2.05. The van der Waals surface area contributed by atoms with Gasteiger partial charge in [0.2, 0.25) is 0 Å². The van der Waals surface area contributed by atoms with Crippen LogP contribution in [0.15, 0.2) is 0 Å². The molecule has 0 aliphatic heterocycles. The number of hydrogen-bond donors (Lipinski definition) is 1. The van der Waals surface area contributed by atoms with Crippen molar-refractivity contribution in [2.24, 2.45) is 0 Å². The van der Waals surface area contributed by atoms with Gasteiger partial charge in [-0.25, -0.2) is 4.98 Å². The first-order chi connectivity index (χ1) is 7.85. The molecule has 1 N–H and O–H groups in total. The lowest BCUT2D eigenvalue weighted by atomic mass is 10.2. The molecule has 90 valence electrons. The Morgan fingerprint density at radius 1 is 1.50 bits per heavy atom. The number of aromatic nitrogens is 1. The first-order valence-electron chi connectivity index (χ1n) is 6.06. The van der Waals surface area contributed by atoms with Gasteiger partial charge < -0.3 is 5.32 Å². The van der Waals surface area contributed by atoms with Crippen LogP contribution in [0.3, 0.4) is 0 Å². The summed E-state index contributed by atoms with van der Waals surface area (Å²) in [5.41, 5.74) is 1.39. The molecule has 0 unspecified atom stereocenters. The second-order valence-electron chi connectivity index (χ2n) is 4.27. The van der Waals surface area contributed by atoms with Crippen LogP contribution in [0.4, 0.5) is 0 Å². The van der Waals surface area contributed by atoms with Crippen LogP contribution in [0, 0.1) is 0 Å². The number of nitrogens with zero attached hydrogens (tertiary/aromatic N) is 1. The maximum absolute atomic E-state index is 4.82. The third-order valence-corrected chi connectivity index (χ3v) is 5.08. The van der Waals surface area contributed by atoms with Crippen molar-refractivity contribution in [2.75, 3.05) is 12.8 Å². The molecule has 0 bridgehead atoms. The number of rotatable bonds is 7. The second-order valence-corrected chi connectivity index (χ2v) is 6.55. The summed E-state index contributed by atoms with van der Waals surface area (Å²) in [5, 5.41) is 4.58. The molecule has 0 radical (unpaired) electrons. The minimum atomic E-state index is 0.782. The largest absolute Gasteiger partial charge is 0.315 e. The summed E-state index contributed by atoms with van der Waals surface area (Å²) in [6.07, 6.45) is 3.96. The van der Waals surface area contributed by atoms with E-state index in [-0.39, 0.29) is 0 Å². The number of hydrogen-bond acceptors (Lipinski definition) is 4. The first kappa shape index (κ1) is 12.4. The van der Waals surface area contributed by atoms with E-state index in [1.807, 2.05) is 30.1 Å². The van der Waals surface area contributed by atoms with Gasteiger partial charge in [-0.2, -0.15) is 11.8 Å². The maximum Gasteiger partial charge on any atom is 0.103 e. The number of nitrogens with one attached hydrogen (secondary N) is 1. The van der Waals surface area contributed by atoms with Crippen molar-refractivity contribution in [1.29, 1.82) is 0 Å². The summed E-state index contributed by atoms with van der Waals surface area (Å²) in [4.78, 5) is 6.29. The van der Waals surface area contributed by atoms with E-state index in [4.69, 9.17) is 4.98 Å². The number of thiazole rings is 1. The van der Waals surface area contributed by atoms with Gasteiger partial charge in [0.05, 0.1) is 5.69 Å². The Bertz CT molecular complexity index is 332. The molecule has 1 aliphatic rings. The highest BCUT2D eigenvalue weighted by Gasteiger charge is 2.29. The molecule has 4 heteroatoms. The average molecular weight is 256 g/mol. The summed E-state index contributed by atoms with van der Waals surface area (Å²) in [6.45, 7) is 3.22. The predicted octanol–water partition coefficient (Wildman–Crippen LogP) is 3.38. The smallest absolute Gasteiger partial charge is 0.103 e. The highest BCUT2D eigenvalue weighted by atomic mass is 32.2. The van der Waals surface area contributed by atoms with Crippen LogP contribution in [-0.2, 0) is 12.3 Å². The first-order valence-corrected chi connectivity index (χ1v) is 8.03. The lowest BCUT2D eigenvalue weighted by molar-refractivity contribution is 0.812. The van der Waals surface area contributed by atoms with E-state index in [0.29, 0.717) is 0 Å². The maximum atomic E-state index is 4.82. The van der Waals surface area contributed by atoms with Crippen molar-refractivity contribution < 1.29 is 0 Å². The summed E-state index contributed by atoms with van der Waals surface area (Å²) in [6, 6.07) is 0. The zero-order valence-corrected chi connectivity index (χ0v) is 11.7. The molecule has 1 heterocycles. The highest BCUT2D eigenvalue weighted by Crippen LogP contribution is 2.43. The van der Waals surface area contributed by atoms with Gasteiger partial charge in [0.25, 0.3) is 0 Å². The quantitative estimate of drug-likeness (QED) is 0.757. The average Bonchev–Trinajstić information content (AvgIpc) is 3.04. The van der Waals surface area contributed by atoms with Gasteiger partial charge in [-0.1, -0.05) is 6.92 Å². The van der Waals surface area contributed by atoms with E-state index in [0.717, 1.165) is 18.2 Å². The molecule has 2 rings (SSSR count). The van der Waals surface area contributed by atoms with Crippen molar-refractivity contribution in [1.82, 2.24) is 10.3 Å². The molecule has 1 fully saturated rings. The van der Waals surface area contributed by atoms with Gasteiger partial charge in [0, 0.05) is 23.1 Å². The molecule has 0 amide bonds. The van der Waals surface area contributed by atoms with Crippen LogP contribution in [0.5, 0.6) is 0 Å². The minimum Gasteiger partial charge on any atom is -0.315 e. The Labute approximate surface area is 106 Å². The van der Waals surface area contributed by atoms with Gasteiger partial charge in [-0.15, -0.1) is 11.3 Å². The third-order valence-electron chi connectivity index (χ3n) is 2.65. The molecule has 0 spiro atoms. The fraction of sp³-hybridized carbons (Fsp3) is 0.750. The van der Waals surface area contributed by atoms with Crippen LogP contribution in [0.25, 0.3) is 0 Å². The fourth-order valence-electron chi connectivity index (χ4n) is 1.74. The van der Waals surface area contributed by atoms with Gasteiger partial charge >= 0.3 is 0 Å². The van der Waals surface area contributed by atoms with E-state index in [1.165, 1.54) is 40.6 Å². The summed E-state index contributed by atoms with van der Waals surface area (Å²) < 4.78 is 0. The Balaban J connectivity index is 1.99. The second kappa shape index (κ2) is 6.03. The standard InChI is InChI=1S/C12H20N2S2/c1-3-6-15-8-11-14-12(9-4-5-9)10(16-11)7-13-2/h9,13H,3-8H2,1-2H3. The van der Waals surface area contributed by atoms with Crippen molar-refractivity contribution in [3.8, 4) is 0 Å². The van der Waals surface area contributed by atoms with Crippen LogP contribution in [-0.4, -0.2) is 17.8 Å². The summed E-state index contributed by atoms with van der Waals surface area (Å²) in [7, 11) is 2.02. The Morgan fingerprint density at radius 2 is 2.31 bits per heavy atom. The third kappa shape index (κ3) is 3.22. The Kier molecular flexibility index (Phi) is 4.67. The van der Waals surface area contributed by atoms with Gasteiger partial charge in [0.1, 0.15) is 5.01 Å². The monoisotopic (exact) mass is 256 g/mol. The molecule has 0 aromatic carbocycles. The van der Waals surface area contributed by atoms with Crippen molar-refractivity contribution in [3.05, 3.63) is 15.6 Å². The molecule has 1 aromatic rings. The normalized spacial score (nSPS) is 15.6. The van der Waals surface area contributed by atoms with Crippen molar-refractivity contribution >= 4 is 23.1 Å². The Morgan fingerprint density at radius 3 is 2.94 bits per heavy atom.